The van der Waals surface area contributed by atoms with E-state index in [1.807, 2.05) is 0 Å². The molecule has 4 aromatic rings. The van der Waals surface area contributed by atoms with Gasteiger partial charge in [0.2, 0.25) is 0 Å². The zero-order valence-corrected chi connectivity index (χ0v) is 31.3. The van der Waals surface area contributed by atoms with E-state index in [-0.39, 0.29) is 0 Å². The average Bonchev–Trinajstić information content (AvgIpc) is 3.62. The van der Waals surface area contributed by atoms with Crippen molar-refractivity contribution in [3.63, 3.8) is 0 Å². The first-order valence-corrected chi connectivity index (χ1v) is 34.9. The molecule has 0 spiro atoms. The molecule has 214 valence electrons. The number of fused-ring (bicyclic) bond motifs is 2. The predicted molar refractivity (Wildman–Crippen MR) is 185 cm³/mol. The Morgan fingerprint density at radius 3 is 1.55 bits per heavy atom. The van der Waals surface area contributed by atoms with Gasteiger partial charge in [-0.1, -0.05) is 0 Å². The van der Waals surface area contributed by atoms with Crippen molar-refractivity contribution < 1.29 is 17.1 Å². The molecule has 0 nitrogen and oxygen atoms in total. The minimum atomic E-state index is -3.68. The molecule has 0 heterocycles. The summed E-state index contributed by atoms with van der Waals surface area (Å²) in [5.74, 6) is 0. The second-order valence-corrected chi connectivity index (χ2v) is 58.4. The van der Waals surface area contributed by atoms with E-state index >= 15 is 0 Å². The van der Waals surface area contributed by atoms with E-state index in [1.165, 1.54) is 74.5 Å². The van der Waals surface area contributed by atoms with Gasteiger partial charge in [-0.25, -0.2) is 0 Å². The molecular formula is C40H46HfSi. The number of rotatable bonds is 7. The van der Waals surface area contributed by atoms with Gasteiger partial charge in [0, 0.05) is 0 Å². The summed E-state index contributed by atoms with van der Waals surface area (Å²) in [5.41, 5.74) is 17.2. The Hall–Kier alpha value is -2.55. The standard InChI is InChI=1S/2C17H15.C4H10Si.2CH3.Hf/c2*1-12-9-10-13(2)17(11-12)16-8-4-6-14-5-3-7-15(14)16;1-2-3-4-5;;;/h2*3-11H,1-2H3;5H,2-4H2,1H3;2*1H3;. The van der Waals surface area contributed by atoms with E-state index in [0.29, 0.717) is 13.6 Å². The fourth-order valence-corrected chi connectivity index (χ4v) is 47.6. The molecule has 42 heavy (non-hydrogen) atoms. The Labute approximate surface area is 255 Å². The summed E-state index contributed by atoms with van der Waals surface area (Å²) in [4.78, 5) is 0. The SMILES string of the molecule is CCCC[SiH]=[Hf]([CH3])([CH3])([CH]1C=Cc2c(-c3cc(C)ccc3C)cccc21)[CH]1C=Cc2c(-c3cc(C)ccc3C)cccc21. The maximum absolute atomic E-state index is 3.68. The number of hydrogen-bond acceptors (Lipinski definition) is 0. The summed E-state index contributed by atoms with van der Waals surface area (Å²) in [6.45, 7) is 11.3. The number of unbranched alkanes of at least 4 members (excludes halogenated alkanes) is 1. The van der Waals surface area contributed by atoms with E-state index in [0.717, 1.165) is 0 Å². The van der Waals surface area contributed by atoms with Crippen molar-refractivity contribution in [1.82, 2.24) is 0 Å². The third-order valence-corrected chi connectivity index (χ3v) is 53.1. The van der Waals surface area contributed by atoms with Crippen LogP contribution >= 0.6 is 0 Å². The third kappa shape index (κ3) is 4.93. The van der Waals surface area contributed by atoms with E-state index in [9.17, 15) is 0 Å². The fraction of sp³-hybridized carbons (Fsp3) is 0.300. The normalized spacial score (nSPS) is 17.4. The summed E-state index contributed by atoms with van der Waals surface area (Å²) in [6, 6.07) is 29.6. The molecule has 2 aliphatic carbocycles. The Kier molecular flexibility index (Phi) is 7.86. The summed E-state index contributed by atoms with van der Waals surface area (Å²) >= 11 is -3.68. The van der Waals surface area contributed by atoms with Crippen LogP contribution in [0.5, 0.6) is 0 Å². The van der Waals surface area contributed by atoms with Crippen LogP contribution in [0.1, 0.15) is 71.6 Å². The molecule has 0 aliphatic heterocycles. The zero-order valence-electron chi connectivity index (χ0n) is 26.6. The van der Waals surface area contributed by atoms with Crippen LogP contribution in [0.3, 0.4) is 0 Å². The molecule has 0 N–H and O–H groups in total. The van der Waals surface area contributed by atoms with Crippen LogP contribution in [-0.2, 0) is 17.1 Å². The number of allylic oxidation sites excluding steroid dienone is 2. The van der Waals surface area contributed by atoms with Crippen molar-refractivity contribution in [3.8, 4) is 22.3 Å². The van der Waals surface area contributed by atoms with Crippen LogP contribution in [0.15, 0.2) is 84.9 Å². The predicted octanol–water partition coefficient (Wildman–Crippen LogP) is 11.4. The van der Waals surface area contributed by atoms with Crippen LogP contribution in [0.25, 0.3) is 34.4 Å². The molecule has 0 saturated heterocycles. The van der Waals surface area contributed by atoms with Gasteiger partial charge >= 0.3 is 257 Å². The quantitative estimate of drug-likeness (QED) is 0.131. The molecule has 4 aromatic carbocycles. The number of benzene rings is 4. The first-order valence-electron chi connectivity index (χ1n) is 15.9. The van der Waals surface area contributed by atoms with Crippen molar-refractivity contribution in [2.24, 2.45) is 0 Å². The van der Waals surface area contributed by atoms with Gasteiger partial charge in [0.15, 0.2) is 0 Å². The van der Waals surface area contributed by atoms with E-state index in [2.05, 4.69) is 141 Å². The second-order valence-electron chi connectivity index (χ2n) is 14.0. The summed E-state index contributed by atoms with van der Waals surface area (Å²) < 4.78 is 6.87. The van der Waals surface area contributed by atoms with Crippen LogP contribution in [-0.4, -0.2) is 6.22 Å². The van der Waals surface area contributed by atoms with Crippen LogP contribution < -0.4 is 0 Å². The Morgan fingerprint density at radius 2 is 1.10 bits per heavy atom. The average molecular weight is 733 g/mol. The van der Waals surface area contributed by atoms with Gasteiger partial charge in [0.25, 0.3) is 0 Å². The fourth-order valence-electron chi connectivity index (χ4n) is 7.99. The van der Waals surface area contributed by atoms with Crippen molar-refractivity contribution in [2.75, 3.05) is 0 Å². The zero-order chi connectivity index (χ0) is 29.7. The van der Waals surface area contributed by atoms with Gasteiger partial charge < -0.3 is 0 Å². The molecular weight excluding hydrogens is 687 g/mol. The molecule has 2 unspecified atom stereocenters. The Morgan fingerprint density at radius 1 is 0.619 bits per heavy atom. The molecule has 2 heteroatoms. The maximum atomic E-state index is 2.85. The van der Waals surface area contributed by atoms with Crippen molar-refractivity contribution in [3.05, 3.63) is 129 Å². The number of hydrogen-bond donors (Lipinski definition) is 0. The van der Waals surface area contributed by atoms with Crippen LogP contribution in [0, 0.1) is 27.7 Å². The van der Waals surface area contributed by atoms with E-state index < -0.39 is 17.1 Å². The van der Waals surface area contributed by atoms with E-state index in [1.54, 1.807) is 11.1 Å². The van der Waals surface area contributed by atoms with Crippen LogP contribution in [0.2, 0.25) is 15.4 Å². The molecule has 2 atom stereocenters. The third-order valence-electron chi connectivity index (χ3n) is 10.5. The topological polar surface area (TPSA) is 0 Å². The molecule has 0 fully saturated rings. The van der Waals surface area contributed by atoms with Gasteiger partial charge in [-0.2, -0.15) is 0 Å². The monoisotopic (exact) mass is 734 g/mol. The molecule has 2 aliphatic rings. The summed E-state index contributed by atoms with van der Waals surface area (Å²) in [6.07, 6.45) is 13.4. The van der Waals surface area contributed by atoms with Gasteiger partial charge in [-0.15, -0.1) is 0 Å². The van der Waals surface area contributed by atoms with Crippen molar-refractivity contribution >= 4 is 18.4 Å². The van der Waals surface area contributed by atoms with Gasteiger partial charge in [0.05, 0.1) is 0 Å². The minimum absolute atomic E-state index is 0.392. The Bertz CT molecular complexity index is 1700. The summed E-state index contributed by atoms with van der Waals surface area (Å²) in [5, 5.41) is 0. The molecule has 0 saturated carbocycles. The molecule has 0 radical (unpaired) electrons. The van der Waals surface area contributed by atoms with Gasteiger partial charge in [-0.05, 0) is 0 Å². The van der Waals surface area contributed by atoms with Gasteiger partial charge in [-0.3, -0.25) is 0 Å². The molecule has 0 amide bonds. The number of aryl methyl sites for hydroxylation is 4. The van der Waals surface area contributed by atoms with Gasteiger partial charge in [0.1, 0.15) is 0 Å². The first-order chi connectivity index (χ1) is 20.1. The first kappa shape index (κ1) is 29.5. The second kappa shape index (κ2) is 11.2. The van der Waals surface area contributed by atoms with Crippen molar-refractivity contribution in [2.45, 2.75) is 70.2 Å². The van der Waals surface area contributed by atoms with E-state index in [4.69, 9.17) is 0 Å². The summed E-state index contributed by atoms with van der Waals surface area (Å²) in [7, 11) is 0. The van der Waals surface area contributed by atoms with Crippen molar-refractivity contribution in [1.29, 1.82) is 0 Å². The molecule has 0 aromatic heterocycles. The molecule has 6 rings (SSSR count). The Balaban J connectivity index is 1.52. The molecule has 0 bridgehead atoms. The van der Waals surface area contributed by atoms with Crippen LogP contribution in [0.4, 0.5) is 0 Å².